The minimum absolute atomic E-state index is 0.131. The molecule has 3 rings (SSSR count). The second kappa shape index (κ2) is 7.99. The molecule has 0 aliphatic carbocycles. The Labute approximate surface area is 153 Å². The van der Waals surface area contributed by atoms with Gasteiger partial charge in [-0.05, 0) is 18.6 Å². The van der Waals surface area contributed by atoms with Crippen LogP contribution in [0.4, 0.5) is 0 Å². The topological polar surface area (TPSA) is 78.7 Å². The van der Waals surface area contributed by atoms with E-state index in [-0.39, 0.29) is 5.91 Å². The molecular formula is C18H25N7O. The van der Waals surface area contributed by atoms with E-state index in [1.807, 2.05) is 34.9 Å². The molecule has 0 bridgehead atoms. The van der Waals surface area contributed by atoms with Crippen LogP contribution in [0.5, 0.6) is 0 Å². The van der Waals surface area contributed by atoms with Crippen LogP contribution in [0, 0.1) is 6.92 Å². The molecular weight excluding hydrogens is 330 g/mol. The Kier molecular flexibility index (Phi) is 5.50. The lowest BCUT2D eigenvalue weighted by molar-refractivity contribution is -0.130. The van der Waals surface area contributed by atoms with Crippen molar-refractivity contribution in [1.82, 2.24) is 29.7 Å². The first kappa shape index (κ1) is 17.9. The third-order valence-corrected chi connectivity index (χ3v) is 4.57. The average molecular weight is 355 g/mol. The first-order valence-electron chi connectivity index (χ1n) is 8.75. The van der Waals surface area contributed by atoms with Crippen LogP contribution in [-0.2, 0) is 11.3 Å². The molecule has 1 aliphatic heterocycles. The quantitative estimate of drug-likeness (QED) is 0.651. The molecule has 1 N–H and O–H groups in total. The summed E-state index contributed by atoms with van der Waals surface area (Å²) in [5, 5.41) is 3.38. The summed E-state index contributed by atoms with van der Waals surface area (Å²) in [7, 11) is 1.78. The zero-order chi connectivity index (χ0) is 18.5. The minimum atomic E-state index is 0.131. The molecule has 26 heavy (non-hydrogen) atoms. The number of amides is 1. The molecule has 1 saturated heterocycles. The molecule has 1 amide bonds. The number of aliphatic imine (C=N–C) groups is 1. The van der Waals surface area contributed by atoms with Gasteiger partial charge < -0.3 is 15.1 Å². The van der Waals surface area contributed by atoms with Crippen LogP contribution < -0.4 is 5.32 Å². The van der Waals surface area contributed by atoms with E-state index in [4.69, 9.17) is 0 Å². The lowest BCUT2D eigenvalue weighted by Crippen LogP contribution is -2.53. The zero-order valence-electron chi connectivity index (χ0n) is 15.5. The fourth-order valence-electron chi connectivity index (χ4n) is 3.03. The third kappa shape index (κ3) is 4.01. The van der Waals surface area contributed by atoms with Crippen LogP contribution in [0.1, 0.15) is 18.3 Å². The van der Waals surface area contributed by atoms with E-state index in [0.717, 1.165) is 49.3 Å². The molecule has 0 atom stereocenters. The van der Waals surface area contributed by atoms with E-state index in [2.05, 4.69) is 31.2 Å². The lowest BCUT2D eigenvalue weighted by atomic mass is 10.2. The zero-order valence-corrected chi connectivity index (χ0v) is 15.5. The Balaban J connectivity index is 1.56. The van der Waals surface area contributed by atoms with E-state index in [9.17, 15) is 4.79 Å². The van der Waals surface area contributed by atoms with Crippen molar-refractivity contribution in [3.05, 3.63) is 42.1 Å². The summed E-state index contributed by atoms with van der Waals surface area (Å²) in [5.74, 6) is 2.75. The number of carbonyl (C=O) groups is 1. The molecule has 0 unspecified atom stereocenters. The SMILES string of the molecule is CN=C(NCc1ccc(-n2ccnc2C)nc1)N1CCN(C(C)=O)CC1. The Morgan fingerprint density at radius 1 is 1.19 bits per heavy atom. The maximum atomic E-state index is 11.4. The van der Waals surface area contributed by atoms with Gasteiger partial charge in [0, 0.05) is 65.3 Å². The van der Waals surface area contributed by atoms with Crippen molar-refractivity contribution in [2.75, 3.05) is 33.2 Å². The van der Waals surface area contributed by atoms with Gasteiger partial charge in [0.05, 0.1) is 0 Å². The summed E-state index contributed by atoms with van der Waals surface area (Å²) in [6.07, 6.45) is 5.53. The number of hydrogen-bond donors (Lipinski definition) is 1. The van der Waals surface area contributed by atoms with Gasteiger partial charge in [0.25, 0.3) is 0 Å². The van der Waals surface area contributed by atoms with Crippen molar-refractivity contribution in [3.63, 3.8) is 0 Å². The number of nitrogens with one attached hydrogen (secondary N) is 1. The Morgan fingerprint density at radius 2 is 1.92 bits per heavy atom. The fraction of sp³-hybridized carbons (Fsp3) is 0.444. The first-order chi connectivity index (χ1) is 12.6. The number of rotatable bonds is 3. The van der Waals surface area contributed by atoms with Crippen molar-refractivity contribution in [1.29, 1.82) is 0 Å². The Hall–Kier alpha value is -2.90. The highest BCUT2D eigenvalue weighted by atomic mass is 16.2. The number of aryl methyl sites for hydroxylation is 1. The molecule has 0 spiro atoms. The first-order valence-corrected chi connectivity index (χ1v) is 8.75. The standard InChI is InChI=1S/C18H25N7O/c1-14-20-6-7-25(14)17-5-4-16(12-21-17)13-22-18(19-3)24-10-8-23(9-11-24)15(2)26/h4-7,12H,8-11,13H2,1-3H3,(H,19,22). The van der Waals surface area contributed by atoms with Crippen molar-refractivity contribution < 1.29 is 4.79 Å². The fourth-order valence-corrected chi connectivity index (χ4v) is 3.03. The maximum Gasteiger partial charge on any atom is 0.219 e. The van der Waals surface area contributed by atoms with Crippen LogP contribution in [0.25, 0.3) is 5.82 Å². The summed E-state index contributed by atoms with van der Waals surface area (Å²) >= 11 is 0. The van der Waals surface area contributed by atoms with Gasteiger partial charge in [0.15, 0.2) is 5.96 Å². The van der Waals surface area contributed by atoms with Crippen LogP contribution in [0.2, 0.25) is 0 Å². The molecule has 1 aliphatic rings. The van der Waals surface area contributed by atoms with E-state index < -0.39 is 0 Å². The predicted octanol–water partition coefficient (Wildman–Crippen LogP) is 0.815. The second-order valence-electron chi connectivity index (χ2n) is 6.26. The molecule has 3 heterocycles. The second-order valence-corrected chi connectivity index (χ2v) is 6.26. The summed E-state index contributed by atoms with van der Waals surface area (Å²) in [4.78, 5) is 28.6. The third-order valence-electron chi connectivity index (χ3n) is 4.57. The van der Waals surface area contributed by atoms with E-state index >= 15 is 0 Å². The maximum absolute atomic E-state index is 11.4. The smallest absolute Gasteiger partial charge is 0.219 e. The summed E-state index contributed by atoms with van der Waals surface area (Å²) in [6.45, 7) is 7.26. The predicted molar refractivity (Wildman–Crippen MR) is 100 cm³/mol. The molecule has 0 radical (unpaired) electrons. The molecule has 0 aromatic carbocycles. The summed E-state index contributed by atoms with van der Waals surface area (Å²) in [5.41, 5.74) is 1.08. The Morgan fingerprint density at radius 3 is 2.46 bits per heavy atom. The number of aromatic nitrogens is 3. The van der Waals surface area contributed by atoms with E-state index in [0.29, 0.717) is 6.54 Å². The van der Waals surface area contributed by atoms with Crippen molar-refractivity contribution in [3.8, 4) is 5.82 Å². The van der Waals surface area contributed by atoms with Crippen LogP contribution in [0.3, 0.4) is 0 Å². The van der Waals surface area contributed by atoms with Gasteiger partial charge in [0.2, 0.25) is 5.91 Å². The van der Waals surface area contributed by atoms with Gasteiger partial charge in [-0.2, -0.15) is 0 Å². The van der Waals surface area contributed by atoms with E-state index in [1.54, 1.807) is 20.2 Å². The van der Waals surface area contributed by atoms with Gasteiger partial charge in [0.1, 0.15) is 11.6 Å². The highest BCUT2D eigenvalue weighted by Gasteiger charge is 2.20. The van der Waals surface area contributed by atoms with Gasteiger partial charge in [-0.3, -0.25) is 14.4 Å². The highest BCUT2D eigenvalue weighted by molar-refractivity contribution is 5.80. The average Bonchev–Trinajstić information content (AvgIpc) is 3.09. The van der Waals surface area contributed by atoms with E-state index in [1.165, 1.54) is 0 Å². The molecule has 2 aromatic heterocycles. The summed E-state index contributed by atoms with van der Waals surface area (Å²) < 4.78 is 1.95. The van der Waals surface area contributed by atoms with Crippen LogP contribution in [-0.4, -0.2) is 69.4 Å². The molecule has 2 aromatic rings. The van der Waals surface area contributed by atoms with Crippen molar-refractivity contribution in [2.24, 2.45) is 4.99 Å². The number of piperazine rings is 1. The molecule has 8 nitrogen and oxygen atoms in total. The van der Waals surface area contributed by atoms with Crippen LogP contribution in [0.15, 0.2) is 35.7 Å². The number of hydrogen-bond acceptors (Lipinski definition) is 4. The van der Waals surface area contributed by atoms with Gasteiger partial charge >= 0.3 is 0 Å². The monoisotopic (exact) mass is 355 g/mol. The van der Waals surface area contributed by atoms with Gasteiger partial charge in [-0.25, -0.2) is 9.97 Å². The molecule has 0 saturated carbocycles. The number of imidazole rings is 1. The number of guanidine groups is 1. The summed E-state index contributed by atoms with van der Waals surface area (Å²) in [6, 6.07) is 4.04. The minimum Gasteiger partial charge on any atom is -0.352 e. The molecule has 1 fully saturated rings. The van der Waals surface area contributed by atoms with Gasteiger partial charge in [-0.15, -0.1) is 0 Å². The highest BCUT2D eigenvalue weighted by Crippen LogP contribution is 2.09. The number of pyridine rings is 1. The molecule has 8 heteroatoms. The molecule has 138 valence electrons. The van der Waals surface area contributed by atoms with Crippen molar-refractivity contribution in [2.45, 2.75) is 20.4 Å². The van der Waals surface area contributed by atoms with Crippen molar-refractivity contribution >= 4 is 11.9 Å². The number of nitrogens with zero attached hydrogens (tertiary/aromatic N) is 6. The Bertz CT molecular complexity index is 773. The number of carbonyl (C=O) groups excluding carboxylic acids is 1. The van der Waals surface area contributed by atoms with Crippen LogP contribution >= 0.6 is 0 Å². The lowest BCUT2D eigenvalue weighted by Gasteiger charge is -2.36. The largest absolute Gasteiger partial charge is 0.352 e. The normalized spacial score (nSPS) is 15.3. The van der Waals surface area contributed by atoms with Gasteiger partial charge in [-0.1, -0.05) is 6.07 Å².